The van der Waals surface area contributed by atoms with Crippen molar-refractivity contribution < 1.29 is 23.9 Å². The van der Waals surface area contributed by atoms with Gasteiger partial charge in [0.25, 0.3) is 11.1 Å². The number of amides is 2. The fraction of sp³-hybridized carbons (Fsp3) is 0.220. The molecule has 0 spiro atoms. The van der Waals surface area contributed by atoms with Gasteiger partial charge in [0, 0.05) is 78.3 Å². The van der Waals surface area contributed by atoms with Crippen LogP contribution in [0.3, 0.4) is 0 Å². The molecule has 0 aliphatic carbocycles. The number of thiophene rings is 1. The Morgan fingerprint density at radius 2 is 1.55 bits per heavy atom. The number of pyridine rings is 1. The molecule has 282 valence electrons. The Bertz CT molecular complexity index is 2550. The van der Waals surface area contributed by atoms with E-state index in [2.05, 4.69) is 20.5 Å². The van der Waals surface area contributed by atoms with Crippen molar-refractivity contribution in [2.75, 3.05) is 56.3 Å². The van der Waals surface area contributed by atoms with Crippen LogP contribution in [0.1, 0.15) is 27.4 Å². The second kappa shape index (κ2) is 16.3. The summed E-state index contributed by atoms with van der Waals surface area (Å²) in [5.74, 6) is 0.582. The molecule has 1 aliphatic heterocycles. The van der Waals surface area contributed by atoms with Gasteiger partial charge in [0.15, 0.2) is 0 Å². The van der Waals surface area contributed by atoms with Crippen LogP contribution in [0.4, 0.5) is 17.2 Å². The Kier molecular flexibility index (Phi) is 11.2. The van der Waals surface area contributed by atoms with Gasteiger partial charge in [-0.25, -0.2) is 4.98 Å². The number of fused-ring (bicyclic) bond motifs is 3. The van der Waals surface area contributed by atoms with Crippen molar-refractivity contribution >= 4 is 89.1 Å². The quantitative estimate of drug-likeness (QED) is 0.128. The summed E-state index contributed by atoms with van der Waals surface area (Å²) in [6.07, 6.45) is 1.99. The minimum Gasteiger partial charge on any atom is -0.495 e. The molecule has 14 heteroatoms. The van der Waals surface area contributed by atoms with E-state index in [1.165, 1.54) is 11.3 Å². The fourth-order valence-electron chi connectivity index (χ4n) is 6.80. The summed E-state index contributed by atoms with van der Waals surface area (Å²) in [5.41, 5.74) is 12.3. The number of rotatable bonds is 9. The molecule has 0 saturated carbocycles. The average Bonchev–Trinajstić information content (AvgIpc) is 3.90. The molecule has 0 bridgehead atoms. The van der Waals surface area contributed by atoms with E-state index in [1.807, 2.05) is 96.8 Å². The molecule has 5 heterocycles. The number of nitrogens with one attached hydrogen (secondary N) is 2. The molecule has 12 nitrogen and oxygen atoms in total. The number of aryl methyl sites for hydroxylation is 2. The summed E-state index contributed by atoms with van der Waals surface area (Å²) >= 11 is 6.91. The molecule has 0 radical (unpaired) electrons. The molecule has 55 heavy (non-hydrogen) atoms. The number of ether oxygens (including phenoxy) is 2. The summed E-state index contributed by atoms with van der Waals surface area (Å²) in [4.78, 5) is 43.6. The lowest BCUT2D eigenvalue weighted by atomic mass is 10.0. The number of anilines is 3. The fourth-order valence-corrected chi connectivity index (χ4v) is 8.03. The molecule has 1 fully saturated rings. The van der Waals surface area contributed by atoms with E-state index in [0.29, 0.717) is 60.5 Å². The lowest BCUT2D eigenvalue weighted by Crippen LogP contribution is -2.38. The number of hydrogen-bond donors (Lipinski definition) is 3. The normalized spacial score (nSPS) is 13.1. The summed E-state index contributed by atoms with van der Waals surface area (Å²) < 4.78 is 15.6. The number of nitrogens with zero attached hydrogens (tertiary/aromatic N) is 4. The zero-order chi connectivity index (χ0) is 38.6. The summed E-state index contributed by atoms with van der Waals surface area (Å²) in [6.45, 7) is 3.75. The van der Waals surface area contributed by atoms with Crippen molar-refractivity contribution in [3.63, 3.8) is 0 Å². The highest BCUT2D eigenvalue weighted by atomic mass is 35.5. The molecular weight excluding hydrogens is 738 g/mol. The molecule has 7 aromatic rings. The van der Waals surface area contributed by atoms with E-state index in [-0.39, 0.29) is 11.8 Å². The standard InChI is InChI=1S/C31H32N6O4S.C10H8ClNO/c1-36-24-6-4-3-5-20(24)15-25(36)31(39)35-22-8-7-19(16-26(22)40-2)21-18-42-29-23(17-33-30(32)28(21)29)34-27(38)9-10-37-11-13-41-14-12-37;1-12-8-5-3-2-4-7(8)6-9(12)10(11)13/h3-8,15-18H,9-14H2,1-2H3,(H2,32,33)(H,34,38)(H,35,39);2-6H,1H3. The number of methoxy groups -OCH3 is 1. The number of halogens is 1. The Hall–Kier alpha value is -5.73. The Balaban J connectivity index is 0.000000301. The van der Waals surface area contributed by atoms with E-state index >= 15 is 0 Å². The third-order valence-electron chi connectivity index (χ3n) is 9.76. The highest BCUT2D eigenvalue weighted by molar-refractivity contribution is 7.18. The lowest BCUT2D eigenvalue weighted by molar-refractivity contribution is -0.116. The van der Waals surface area contributed by atoms with Crippen molar-refractivity contribution in [1.82, 2.24) is 19.0 Å². The van der Waals surface area contributed by atoms with E-state index in [1.54, 1.807) is 23.9 Å². The maximum atomic E-state index is 13.2. The Labute approximate surface area is 326 Å². The number of hydrogen-bond acceptors (Lipinski definition) is 9. The van der Waals surface area contributed by atoms with Crippen LogP contribution in [0.2, 0.25) is 0 Å². The topological polar surface area (TPSA) is 146 Å². The van der Waals surface area contributed by atoms with Crippen LogP contribution in [0.15, 0.2) is 90.4 Å². The van der Waals surface area contributed by atoms with Crippen LogP contribution < -0.4 is 21.1 Å². The van der Waals surface area contributed by atoms with Crippen molar-refractivity contribution in [3.05, 3.63) is 102 Å². The Morgan fingerprint density at radius 3 is 2.20 bits per heavy atom. The van der Waals surface area contributed by atoms with E-state index in [9.17, 15) is 14.4 Å². The van der Waals surface area contributed by atoms with Gasteiger partial charge in [-0.1, -0.05) is 42.5 Å². The van der Waals surface area contributed by atoms with Gasteiger partial charge in [-0.3, -0.25) is 19.3 Å². The number of benzene rings is 3. The third-order valence-corrected chi connectivity index (χ3v) is 11.0. The molecule has 4 N–H and O–H groups in total. The van der Waals surface area contributed by atoms with Crippen LogP contribution in [-0.4, -0.2) is 76.0 Å². The number of aromatic nitrogens is 3. The maximum absolute atomic E-state index is 13.2. The molecule has 0 unspecified atom stereocenters. The largest absolute Gasteiger partial charge is 0.495 e. The van der Waals surface area contributed by atoms with Crippen LogP contribution in [0.5, 0.6) is 5.75 Å². The van der Waals surface area contributed by atoms with Gasteiger partial charge in [-0.05, 0) is 53.6 Å². The molecule has 1 aliphatic rings. The smallest absolute Gasteiger partial charge is 0.272 e. The first-order valence-corrected chi connectivity index (χ1v) is 18.9. The monoisotopic (exact) mass is 777 g/mol. The van der Waals surface area contributed by atoms with Crippen LogP contribution >= 0.6 is 22.9 Å². The SMILES string of the molecule is COc1cc(-c2csc3c(NC(=O)CCN4CCOCC4)cnc(N)c23)ccc1NC(=O)c1cc2ccccc2n1C.Cn1c(C(=O)Cl)cc2ccccc21. The van der Waals surface area contributed by atoms with E-state index in [0.717, 1.165) is 56.1 Å². The highest BCUT2D eigenvalue weighted by Gasteiger charge is 2.20. The number of morpholine rings is 1. The molecule has 1 saturated heterocycles. The van der Waals surface area contributed by atoms with Gasteiger partial charge in [0.2, 0.25) is 5.91 Å². The van der Waals surface area contributed by atoms with Crippen LogP contribution in [0, 0.1) is 0 Å². The number of carbonyl (C=O) groups excluding carboxylic acids is 3. The number of carbonyl (C=O) groups is 3. The van der Waals surface area contributed by atoms with Crippen LogP contribution in [-0.2, 0) is 23.6 Å². The summed E-state index contributed by atoms with van der Waals surface area (Å²) in [6, 6.07) is 24.9. The van der Waals surface area contributed by atoms with Gasteiger partial charge in [0.1, 0.15) is 23.0 Å². The number of para-hydroxylation sites is 2. The van der Waals surface area contributed by atoms with Crippen molar-refractivity contribution in [2.45, 2.75) is 6.42 Å². The van der Waals surface area contributed by atoms with Gasteiger partial charge < -0.3 is 35.0 Å². The number of nitrogen functional groups attached to an aromatic ring is 1. The minimum atomic E-state index is -0.418. The zero-order valence-electron chi connectivity index (χ0n) is 30.6. The van der Waals surface area contributed by atoms with Crippen molar-refractivity contribution in [3.8, 4) is 16.9 Å². The second-order valence-electron chi connectivity index (χ2n) is 13.1. The predicted molar refractivity (Wildman–Crippen MR) is 221 cm³/mol. The van der Waals surface area contributed by atoms with Gasteiger partial charge in [-0.2, -0.15) is 0 Å². The molecule has 0 atom stereocenters. The first-order valence-electron chi connectivity index (χ1n) is 17.7. The summed E-state index contributed by atoms with van der Waals surface area (Å²) in [5, 5.41) is 10.4. The molecule has 4 aromatic heterocycles. The number of nitrogens with two attached hydrogens (primary N) is 1. The summed E-state index contributed by atoms with van der Waals surface area (Å²) in [7, 11) is 5.27. The highest BCUT2D eigenvalue weighted by Crippen LogP contribution is 2.42. The predicted octanol–water partition coefficient (Wildman–Crippen LogP) is 7.52. The van der Waals surface area contributed by atoms with E-state index in [4.69, 9.17) is 26.8 Å². The second-order valence-corrected chi connectivity index (χ2v) is 14.3. The molecule has 3 aromatic carbocycles. The zero-order valence-corrected chi connectivity index (χ0v) is 32.2. The molecular formula is C41H40ClN7O5S. The maximum Gasteiger partial charge on any atom is 0.272 e. The van der Waals surface area contributed by atoms with Crippen molar-refractivity contribution in [1.29, 1.82) is 0 Å². The molecule has 2 amide bonds. The average molecular weight is 778 g/mol. The van der Waals surface area contributed by atoms with Crippen LogP contribution in [0.25, 0.3) is 43.0 Å². The van der Waals surface area contributed by atoms with Gasteiger partial charge in [-0.15, -0.1) is 11.3 Å². The first kappa shape index (κ1) is 37.6. The minimum absolute atomic E-state index is 0.0720. The first-order chi connectivity index (χ1) is 26.6. The van der Waals surface area contributed by atoms with E-state index < -0.39 is 5.24 Å². The molecule has 8 rings (SSSR count). The van der Waals surface area contributed by atoms with Gasteiger partial charge in [0.05, 0.1) is 42.6 Å². The lowest BCUT2D eigenvalue weighted by Gasteiger charge is -2.26. The third kappa shape index (κ3) is 7.91. The Morgan fingerprint density at radius 1 is 0.891 bits per heavy atom. The van der Waals surface area contributed by atoms with Gasteiger partial charge >= 0.3 is 0 Å². The van der Waals surface area contributed by atoms with Crippen molar-refractivity contribution in [2.24, 2.45) is 14.1 Å².